The number of aromatic nitrogens is 1. The lowest BCUT2D eigenvalue weighted by molar-refractivity contribution is 0.298. The van der Waals surface area contributed by atoms with Gasteiger partial charge in [0, 0.05) is 16.3 Å². The number of rotatable bonds is 8. The Bertz CT molecular complexity index is 847. The smallest absolute Gasteiger partial charge is 0.119 e. The number of thioether (sulfide) groups is 1. The molecule has 1 aromatic heterocycles. The van der Waals surface area contributed by atoms with Crippen molar-refractivity contribution in [3.05, 3.63) is 71.9 Å². The summed E-state index contributed by atoms with van der Waals surface area (Å²) >= 11 is 1.77. The highest BCUT2D eigenvalue weighted by atomic mass is 32.2. The lowest BCUT2D eigenvalue weighted by atomic mass is 10.0. The fraction of sp³-hybridized carbons (Fsp3) is 0.333. The molecular formula is C24H29NOS. The van der Waals surface area contributed by atoms with Crippen LogP contribution in [-0.4, -0.2) is 17.4 Å². The summed E-state index contributed by atoms with van der Waals surface area (Å²) in [5, 5.41) is 0. The maximum absolute atomic E-state index is 6.00. The quantitative estimate of drug-likeness (QED) is 0.417. The van der Waals surface area contributed by atoms with Crippen LogP contribution in [0.2, 0.25) is 0 Å². The van der Waals surface area contributed by atoms with Crippen LogP contribution in [0, 0.1) is 12.8 Å². The molecule has 3 aromatic rings. The molecule has 0 fully saturated rings. The average Bonchev–Trinajstić information content (AvgIpc) is 3.03. The molecule has 0 amide bonds. The van der Waals surface area contributed by atoms with E-state index >= 15 is 0 Å². The highest BCUT2D eigenvalue weighted by Gasteiger charge is 2.08. The zero-order valence-electron chi connectivity index (χ0n) is 16.7. The number of nitrogens with zero attached hydrogens (tertiary/aromatic N) is 1. The van der Waals surface area contributed by atoms with Crippen LogP contribution >= 0.6 is 11.8 Å². The van der Waals surface area contributed by atoms with E-state index in [0.717, 1.165) is 18.7 Å². The molecule has 0 aliphatic rings. The normalized spacial score (nSPS) is 11.1. The second-order valence-electron chi connectivity index (χ2n) is 7.33. The molecule has 2 nitrogen and oxygen atoms in total. The van der Waals surface area contributed by atoms with Crippen LogP contribution in [0.3, 0.4) is 0 Å². The number of aryl methyl sites for hydroxylation is 1. The highest BCUT2D eigenvalue weighted by Crippen LogP contribution is 2.25. The summed E-state index contributed by atoms with van der Waals surface area (Å²) < 4.78 is 8.33. The molecule has 0 unspecified atom stereocenters. The van der Waals surface area contributed by atoms with Crippen molar-refractivity contribution in [3.8, 4) is 17.0 Å². The molecule has 1 heterocycles. The Kier molecular flexibility index (Phi) is 6.68. The van der Waals surface area contributed by atoms with Gasteiger partial charge in [0.05, 0.1) is 6.54 Å². The Balaban J connectivity index is 1.63. The van der Waals surface area contributed by atoms with Gasteiger partial charge in [0.1, 0.15) is 12.4 Å². The van der Waals surface area contributed by atoms with Gasteiger partial charge in [0.15, 0.2) is 0 Å². The van der Waals surface area contributed by atoms with E-state index in [1.54, 1.807) is 11.8 Å². The molecule has 0 N–H and O–H groups in total. The summed E-state index contributed by atoms with van der Waals surface area (Å²) in [6, 6.07) is 21.7. The molecule has 142 valence electrons. The standard InChI is InChI=1S/C24H29NOS/c1-18(2)17-20-6-10-22(11-7-20)26-16-15-25-19(3)5-14-24(25)21-8-12-23(27-4)13-9-21/h5-14,18H,15-17H2,1-4H3. The Morgan fingerprint density at radius 3 is 2.26 bits per heavy atom. The second kappa shape index (κ2) is 9.18. The molecule has 3 rings (SSSR count). The van der Waals surface area contributed by atoms with Gasteiger partial charge in [-0.1, -0.05) is 38.1 Å². The number of ether oxygens (including phenoxy) is 1. The SMILES string of the molecule is CSc1ccc(-c2ccc(C)n2CCOc2ccc(CC(C)C)cc2)cc1. The lowest BCUT2D eigenvalue weighted by Crippen LogP contribution is -2.10. The van der Waals surface area contributed by atoms with E-state index in [1.807, 2.05) is 0 Å². The Labute approximate surface area is 167 Å². The van der Waals surface area contributed by atoms with Gasteiger partial charge in [-0.05, 0) is 73.0 Å². The number of hydrogen-bond donors (Lipinski definition) is 0. The zero-order chi connectivity index (χ0) is 19.2. The minimum atomic E-state index is 0.662. The summed E-state index contributed by atoms with van der Waals surface area (Å²) in [6.07, 6.45) is 3.22. The third-order valence-corrected chi connectivity index (χ3v) is 5.48. The first-order valence-electron chi connectivity index (χ1n) is 9.59. The van der Waals surface area contributed by atoms with Crippen molar-refractivity contribution >= 4 is 11.8 Å². The van der Waals surface area contributed by atoms with Gasteiger partial charge in [-0.3, -0.25) is 0 Å². The fourth-order valence-corrected chi connectivity index (χ4v) is 3.74. The van der Waals surface area contributed by atoms with Crippen LogP contribution in [0.15, 0.2) is 65.6 Å². The van der Waals surface area contributed by atoms with Crippen molar-refractivity contribution in [2.24, 2.45) is 5.92 Å². The van der Waals surface area contributed by atoms with Gasteiger partial charge in [-0.25, -0.2) is 0 Å². The first-order chi connectivity index (χ1) is 13.1. The van der Waals surface area contributed by atoms with Crippen molar-refractivity contribution in [1.82, 2.24) is 4.57 Å². The first kappa shape index (κ1) is 19.6. The summed E-state index contributed by atoms with van der Waals surface area (Å²) in [6.45, 7) is 8.15. The van der Waals surface area contributed by atoms with E-state index in [9.17, 15) is 0 Å². The van der Waals surface area contributed by atoms with Gasteiger partial charge in [0.2, 0.25) is 0 Å². The maximum Gasteiger partial charge on any atom is 0.119 e. The Hall–Kier alpha value is -2.13. The minimum absolute atomic E-state index is 0.662. The summed E-state index contributed by atoms with van der Waals surface area (Å²) in [5.41, 5.74) is 5.12. The van der Waals surface area contributed by atoms with Gasteiger partial charge in [-0.2, -0.15) is 0 Å². The molecule has 0 aliphatic heterocycles. The molecule has 27 heavy (non-hydrogen) atoms. The van der Waals surface area contributed by atoms with Crippen LogP contribution in [0.25, 0.3) is 11.3 Å². The van der Waals surface area contributed by atoms with Crippen molar-refractivity contribution in [1.29, 1.82) is 0 Å². The minimum Gasteiger partial charge on any atom is -0.492 e. The zero-order valence-corrected chi connectivity index (χ0v) is 17.6. The van der Waals surface area contributed by atoms with Crippen molar-refractivity contribution in [2.75, 3.05) is 12.9 Å². The van der Waals surface area contributed by atoms with E-state index in [4.69, 9.17) is 4.74 Å². The molecule has 0 spiro atoms. The summed E-state index contributed by atoms with van der Waals surface area (Å²) in [4.78, 5) is 1.29. The van der Waals surface area contributed by atoms with Crippen LogP contribution < -0.4 is 4.74 Å². The predicted octanol–water partition coefficient (Wildman–Crippen LogP) is 6.46. The Morgan fingerprint density at radius 1 is 0.926 bits per heavy atom. The van der Waals surface area contributed by atoms with E-state index < -0.39 is 0 Å². The first-order valence-corrected chi connectivity index (χ1v) is 10.8. The van der Waals surface area contributed by atoms with Gasteiger partial charge < -0.3 is 9.30 Å². The molecule has 0 radical (unpaired) electrons. The fourth-order valence-electron chi connectivity index (χ4n) is 3.33. The van der Waals surface area contributed by atoms with Crippen molar-refractivity contribution in [2.45, 2.75) is 38.6 Å². The van der Waals surface area contributed by atoms with Gasteiger partial charge in [-0.15, -0.1) is 11.8 Å². The molecule has 0 bridgehead atoms. The summed E-state index contributed by atoms with van der Waals surface area (Å²) in [7, 11) is 0. The predicted molar refractivity (Wildman–Crippen MR) is 117 cm³/mol. The molecule has 0 atom stereocenters. The van der Waals surface area contributed by atoms with Crippen molar-refractivity contribution < 1.29 is 4.74 Å². The Morgan fingerprint density at radius 2 is 1.63 bits per heavy atom. The second-order valence-corrected chi connectivity index (χ2v) is 8.21. The lowest BCUT2D eigenvalue weighted by Gasteiger charge is -2.14. The van der Waals surface area contributed by atoms with Crippen LogP contribution in [0.5, 0.6) is 5.75 Å². The summed E-state index contributed by atoms with van der Waals surface area (Å²) in [5.74, 6) is 1.62. The van der Waals surface area contributed by atoms with Crippen molar-refractivity contribution in [3.63, 3.8) is 0 Å². The van der Waals surface area contributed by atoms with Gasteiger partial charge >= 0.3 is 0 Å². The van der Waals surface area contributed by atoms with E-state index in [-0.39, 0.29) is 0 Å². The maximum atomic E-state index is 6.00. The topological polar surface area (TPSA) is 14.2 Å². The van der Waals surface area contributed by atoms with E-state index in [1.165, 1.54) is 27.4 Å². The average molecular weight is 380 g/mol. The highest BCUT2D eigenvalue weighted by molar-refractivity contribution is 7.98. The largest absolute Gasteiger partial charge is 0.492 e. The van der Waals surface area contributed by atoms with E-state index in [2.05, 4.69) is 92.3 Å². The third kappa shape index (κ3) is 5.20. The molecule has 3 heteroatoms. The van der Waals surface area contributed by atoms with Crippen LogP contribution in [0.1, 0.15) is 25.1 Å². The third-order valence-electron chi connectivity index (χ3n) is 4.74. The molecule has 0 saturated carbocycles. The van der Waals surface area contributed by atoms with Crippen LogP contribution in [-0.2, 0) is 13.0 Å². The van der Waals surface area contributed by atoms with Gasteiger partial charge in [0.25, 0.3) is 0 Å². The molecule has 2 aromatic carbocycles. The molecule has 0 saturated heterocycles. The van der Waals surface area contributed by atoms with E-state index in [0.29, 0.717) is 12.5 Å². The monoisotopic (exact) mass is 379 g/mol. The number of benzene rings is 2. The van der Waals surface area contributed by atoms with Crippen LogP contribution in [0.4, 0.5) is 0 Å². The molecular weight excluding hydrogens is 350 g/mol. The number of hydrogen-bond acceptors (Lipinski definition) is 2. The molecule has 0 aliphatic carbocycles.